The van der Waals surface area contributed by atoms with Gasteiger partial charge in [-0.3, -0.25) is 9.59 Å². The summed E-state index contributed by atoms with van der Waals surface area (Å²) in [5.74, 6) is -1.66. The van der Waals surface area contributed by atoms with Gasteiger partial charge in [0.2, 0.25) is 0 Å². The van der Waals surface area contributed by atoms with Gasteiger partial charge in [-0.25, -0.2) is 4.79 Å². The number of carbonyl (C=O) groups excluding carboxylic acids is 2. The van der Waals surface area contributed by atoms with E-state index in [9.17, 15) is 19.5 Å². The number of aliphatic carboxylic acids is 1. The molecule has 1 N–H and O–H groups in total. The second-order valence-electron chi connectivity index (χ2n) is 11.4. The minimum Gasteiger partial charge on any atom is -0.477 e. The maximum atomic E-state index is 12.5. The summed E-state index contributed by atoms with van der Waals surface area (Å²) in [6.45, 7) is 4.34. The second kappa shape index (κ2) is 26.6. The van der Waals surface area contributed by atoms with Crippen LogP contribution in [0.2, 0.25) is 0 Å². The number of allylic oxidation sites excluding steroid dienone is 9. The van der Waals surface area contributed by atoms with Crippen LogP contribution in [0.25, 0.3) is 0 Å². The Morgan fingerprint density at radius 1 is 0.721 bits per heavy atom. The summed E-state index contributed by atoms with van der Waals surface area (Å²) in [6.07, 6.45) is 29.2. The SMILES string of the molecule is CC/C=C\C/C=C\C/C=C\C/C=C\C/C=C\CC(=O)OC(COCCC(C(=O)O)[N+](C)(C)C)COC(=O)CCCCCC. The third-order valence-corrected chi connectivity index (χ3v) is 6.46. The minimum atomic E-state index is -0.895. The molecule has 43 heavy (non-hydrogen) atoms. The highest BCUT2D eigenvalue weighted by Gasteiger charge is 2.31. The fraction of sp³-hybridized carbons (Fsp3) is 0.629. The standard InChI is InChI=1S/C35H57NO7/c1-6-8-10-12-13-14-15-16-17-18-19-20-21-22-24-26-34(38)43-31(30-42-33(37)25-23-11-9-7-2)29-41-28-27-32(35(39)40)36(3,4)5/h8,10,13-14,16-17,19-20,22,24,31-32H,6-7,9,11-12,15,18,21,23,25-30H2,1-5H3/p+1/b10-8-,14-13-,17-16-,20-19-,24-22-. The van der Waals surface area contributed by atoms with E-state index in [4.69, 9.17) is 14.2 Å². The highest BCUT2D eigenvalue weighted by atomic mass is 16.6. The summed E-state index contributed by atoms with van der Waals surface area (Å²) >= 11 is 0. The van der Waals surface area contributed by atoms with Crippen molar-refractivity contribution in [2.24, 2.45) is 0 Å². The molecule has 0 aliphatic carbocycles. The molecular formula is C35H58NO7+. The van der Waals surface area contributed by atoms with E-state index in [0.717, 1.165) is 51.4 Å². The summed E-state index contributed by atoms with van der Waals surface area (Å²) in [7, 11) is 5.45. The van der Waals surface area contributed by atoms with Crippen LogP contribution in [0.4, 0.5) is 0 Å². The van der Waals surface area contributed by atoms with Gasteiger partial charge in [0.1, 0.15) is 6.61 Å². The average molecular weight is 605 g/mol. The quantitative estimate of drug-likeness (QED) is 0.0486. The number of ether oxygens (including phenoxy) is 3. The van der Waals surface area contributed by atoms with Crippen molar-refractivity contribution in [3.05, 3.63) is 60.8 Å². The van der Waals surface area contributed by atoms with E-state index in [1.165, 1.54) is 0 Å². The van der Waals surface area contributed by atoms with Crippen molar-refractivity contribution in [3.8, 4) is 0 Å². The molecule has 0 aromatic carbocycles. The van der Waals surface area contributed by atoms with Crippen LogP contribution < -0.4 is 0 Å². The summed E-state index contributed by atoms with van der Waals surface area (Å²) in [5.41, 5.74) is 0. The van der Waals surface area contributed by atoms with Crippen LogP contribution in [0.15, 0.2) is 60.8 Å². The van der Waals surface area contributed by atoms with Crippen LogP contribution >= 0.6 is 0 Å². The number of carboxylic acids is 1. The number of hydrogen-bond donors (Lipinski definition) is 1. The molecule has 0 amide bonds. The summed E-state index contributed by atoms with van der Waals surface area (Å²) < 4.78 is 16.8. The number of esters is 2. The molecule has 0 fully saturated rings. The molecule has 0 saturated heterocycles. The number of carboxylic acid groups (broad SMARTS) is 1. The van der Waals surface area contributed by atoms with Gasteiger partial charge in [0.05, 0.1) is 40.8 Å². The Bertz CT molecular complexity index is 896. The first-order chi connectivity index (χ1) is 20.6. The number of likely N-dealkylation sites (N-methyl/N-ethyl adjacent to an activating group) is 1. The van der Waals surface area contributed by atoms with Crippen molar-refractivity contribution < 1.29 is 38.2 Å². The number of hydrogen-bond acceptors (Lipinski definition) is 6. The van der Waals surface area contributed by atoms with E-state index in [2.05, 4.69) is 62.5 Å². The lowest BCUT2D eigenvalue weighted by Crippen LogP contribution is -2.50. The Hall–Kier alpha value is -2.97. The fourth-order valence-corrected chi connectivity index (χ4v) is 3.99. The molecule has 0 bridgehead atoms. The zero-order chi connectivity index (χ0) is 32.2. The normalized spacial score (nSPS) is 14.0. The maximum Gasteiger partial charge on any atom is 0.362 e. The van der Waals surface area contributed by atoms with E-state index < -0.39 is 24.1 Å². The van der Waals surface area contributed by atoms with E-state index in [1.807, 2.05) is 27.2 Å². The Kier molecular flexibility index (Phi) is 24.8. The van der Waals surface area contributed by atoms with Gasteiger partial charge in [-0.1, -0.05) is 93.9 Å². The van der Waals surface area contributed by atoms with Crippen molar-refractivity contribution in [3.63, 3.8) is 0 Å². The largest absolute Gasteiger partial charge is 0.477 e. The monoisotopic (exact) mass is 604 g/mol. The maximum absolute atomic E-state index is 12.5. The van der Waals surface area contributed by atoms with E-state index in [-0.39, 0.29) is 36.7 Å². The van der Waals surface area contributed by atoms with Crippen LogP contribution in [-0.4, -0.2) is 80.6 Å². The van der Waals surface area contributed by atoms with Crippen LogP contribution in [0, 0.1) is 0 Å². The number of unbranched alkanes of at least 4 members (excludes halogenated alkanes) is 3. The first-order valence-electron chi connectivity index (χ1n) is 15.8. The van der Waals surface area contributed by atoms with E-state index in [0.29, 0.717) is 19.3 Å². The molecule has 0 spiro atoms. The molecule has 8 nitrogen and oxygen atoms in total. The zero-order valence-corrected chi connectivity index (χ0v) is 27.4. The predicted molar refractivity (Wildman–Crippen MR) is 174 cm³/mol. The van der Waals surface area contributed by atoms with Crippen LogP contribution in [0.3, 0.4) is 0 Å². The van der Waals surface area contributed by atoms with Gasteiger partial charge in [-0.15, -0.1) is 0 Å². The molecule has 0 aliphatic rings. The Balaban J connectivity index is 4.59. The third kappa shape index (κ3) is 25.3. The van der Waals surface area contributed by atoms with Gasteiger partial charge >= 0.3 is 17.9 Å². The lowest BCUT2D eigenvalue weighted by atomic mass is 10.1. The third-order valence-electron chi connectivity index (χ3n) is 6.46. The van der Waals surface area contributed by atoms with Crippen molar-refractivity contribution in [1.82, 2.24) is 0 Å². The Morgan fingerprint density at radius 2 is 1.28 bits per heavy atom. The van der Waals surface area contributed by atoms with Gasteiger partial charge in [-0.05, 0) is 38.5 Å². The van der Waals surface area contributed by atoms with Gasteiger partial charge in [0.15, 0.2) is 12.1 Å². The number of rotatable bonds is 26. The average Bonchev–Trinajstić information content (AvgIpc) is 2.94. The predicted octanol–water partition coefficient (Wildman–Crippen LogP) is 7.12. The van der Waals surface area contributed by atoms with Crippen LogP contribution in [0.1, 0.15) is 90.9 Å². The first kappa shape index (κ1) is 40.0. The molecule has 0 saturated carbocycles. The molecule has 244 valence electrons. The lowest BCUT2D eigenvalue weighted by Gasteiger charge is -2.31. The number of nitrogens with zero attached hydrogens (tertiary/aromatic N) is 1. The highest BCUT2D eigenvalue weighted by Crippen LogP contribution is 2.10. The number of quaternary nitrogens is 1. The summed E-state index contributed by atoms with van der Waals surface area (Å²) in [6, 6.07) is -0.628. The van der Waals surface area contributed by atoms with Gasteiger partial charge < -0.3 is 23.8 Å². The van der Waals surface area contributed by atoms with Gasteiger partial charge in [0.25, 0.3) is 0 Å². The molecule has 2 atom stereocenters. The molecule has 0 radical (unpaired) electrons. The second-order valence-corrected chi connectivity index (χ2v) is 11.4. The fourth-order valence-electron chi connectivity index (χ4n) is 3.99. The molecule has 0 aromatic heterocycles. The topological polar surface area (TPSA) is 99.1 Å². The Labute approximate surface area is 260 Å². The van der Waals surface area contributed by atoms with Crippen LogP contribution in [-0.2, 0) is 28.6 Å². The molecule has 0 heterocycles. The molecule has 0 aromatic rings. The van der Waals surface area contributed by atoms with Crippen molar-refractivity contribution >= 4 is 17.9 Å². The molecule has 0 aliphatic heterocycles. The van der Waals surface area contributed by atoms with Gasteiger partial charge in [-0.2, -0.15) is 0 Å². The van der Waals surface area contributed by atoms with Crippen molar-refractivity contribution in [2.45, 2.75) is 103 Å². The van der Waals surface area contributed by atoms with Gasteiger partial charge in [0, 0.05) is 12.8 Å². The molecule has 8 heteroatoms. The Morgan fingerprint density at radius 3 is 1.79 bits per heavy atom. The molecule has 2 unspecified atom stereocenters. The molecule has 0 rings (SSSR count). The van der Waals surface area contributed by atoms with Crippen molar-refractivity contribution in [1.29, 1.82) is 0 Å². The van der Waals surface area contributed by atoms with Crippen molar-refractivity contribution in [2.75, 3.05) is 41.0 Å². The number of carbonyl (C=O) groups is 3. The minimum absolute atomic E-state index is 0.0179. The van der Waals surface area contributed by atoms with Crippen LogP contribution in [0.5, 0.6) is 0 Å². The molecular weight excluding hydrogens is 546 g/mol. The smallest absolute Gasteiger partial charge is 0.362 e. The van der Waals surface area contributed by atoms with E-state index >= 15 is 0 Å². The summed E-state index contributed by atoms with van der Waals surface area (Å²) in [4.78, 5) is 36.2. The first-order valence-corrected chi connectivity index (χ1v) is 15.8. The lowest BCUT2D eigenvalue weighted by molar-refractivity contribution is -0.887. The summed E-state index contributed by atoms with van der Waals surface area (Å²) in [5, 5.41) is 9.50. The highest BCUT2D eigenvalue weighted by molar-refractivity contribution is 5.72. The zero-order valence-electron chi connectivity index (χ0n) is 27.4. The van der Waals surface area contributed by atoms with E-state index in [1.54, 1.807) is 6.08 Å².